The number of aromatic nitrogens is 2. The summed E-state index contributed by atoms with van der Waals surface area (Å²) in [6, 6.07) is 14.9. The summed E-state index contributed by atoms with van der Waals surface area (Å²) in [7, 11) is 0. The Morgan fingerprint density at radius 2 is 1.76 bits per heavy atom. The number of fused-ring (bicyclic) bond motifs is 3. The molecular weight excluding hydrogens is 436 g/mol. The molecule has 0 unspecified atom stereocenters. The SMILES string of the molecule is O=C(C#CCNC(=O)OCC1c2ccccc2-c2ccccc21)N[C@@H](Cc1cnc[nH]1)C(=O)O. The normalized spacial score (nSPS) is 12.5. The first-order chi connectivity index (χ1) is 16.5. The number of rotatable bonds is 7. The highest BCUT2D eigenvalue weighted by Crippen LogP contribution is 2.44. The first-order valence-corrected chi connectivity index (χ1v) is 10.6. The van der Waals surface area contributed by atoms with Crippen LogP contribution in [0.5, 0.6) is 0 Å². The van der Waals surface area contributed by atoms with Crippen LogP contribution in [-0.2, 0) is 20.7 Å². The molecule has 0 saturated carbocycles. The zero-order valence-electron chi connectivity index (χ0n) is 18.1. The molecule has 1 aromatic heterocycles. The van der Waals surface area contributed by atoms with E-state index in [-0.39, 0.29) is 25.5 Å². The van der Waals surface area contributed by atoms with Crippen LogP contribution in [0.1, 0.15) is 22.7 Å². The molecule has 4 N–H and O–H groups in total. The van der Waals surface area contributed by atoms with Gasteiger partial charge in [-0.05, 0) is 28.2 Å². The average molecular weight is 458 g/mol. The highest BCUT2D eigenvalue weighted by Gasteiger charge is 2.29. The van der Waals surface area contributed by atoms with Crippen molar-refractivity contribution in [3.8, 4) is 23.0 Å². The van der Waals surface area contributed by atoms with Gasteiger partial charge in [0.2, 0.25) is 0 Å². The number of H-pyrrole nitrogens is 1. The lowest BCUT2D eigenvalue weighted by molar-refractivity contribution is -0.141. The summed E-state index contributed by atoms with van der Waals surface area (Å²) in [5, 5.41) is 14.1. The fourth-order valence-corrected chi connectivity index (χ4v) is 3.90. The van der Waals surface area contributed by atoms with Crippen LogP contribution in [0.2, 0.25) is 0 Å². The molecule has 9 heteroatoms. The quantitative estimate of drug-likeness (QED) is 0.401. The van der Waals surface area contributed by atoms with E-state index in [4.69, 9.17) is 4.74 Å². The molecule has 0 radical (unpaired) electrons. The van der Waals surface area contributed by atoms with Gasteiger partial charge in [-0.2, -0.15) is 0 Å². The van der Waals surface area contributed by atoms with Gasteiger partial charge in [-0.25, -0.2) is 14.6 Å². The van der Waals surface area contributed by atoms with Crippen LogP contribution in [-0.4, -0.2) is 52.2 Å². The fraction of sp³-hybridized carbons (Fsp3) is 0.200. The minimum absolute atomic E-state index is 0.0424. The summed E-state index contributed by atoms with van der Waals surface area (Å²) in [5.74, 6) is 2.74. The maximum atomic E-state index is 12.1. The lowest BCUT2D eigenvalue weighted by Crippen LogP contribution is -2.41. The second-order valence-electron chi connectivity index (χ2n) is 7.63. The van der Waals surface area contributed by atoms with Gasteiger partial charge in [0.1, 0.15) is 12.6 Å². The number of aliphatic carboxylic acids is 1. The molecule has 0 saturated heterocycles. The number of hydrogen-bond acceptors (Lipinski definition) is 5. The Balaban J connectivity index is 1.25. The number of benzene rings is 2. The number of hydrogen-bond donors (Lipinski definition) is 4. The second kappa shape index (κ2) is 10.4. The molecule has 1 aliphatic carbocycles. The standard InChI is InChI=1S/C25H22N4O5/c30-23(29-22(24(31)32)12-16-13-26-15-28-16)10-5-11-27-25(33)34-14-21-19-8-3-1-6-17(19)18-7-2-4-9-20(18)21/h1-4,6-9,13,15,21-22H,11-12,14H2,(H,26,28)(H,27,33)(H,29,30)(H,31,32)/t22-/m0/s1. The number of amides is 2. The summed E-state index contributed by atoms with van der Waals surface area (Å²) in [6.07, 6.45) is 2.29. The smallest absolute Gasteiger partial charge is 0.407 e. The molecule has 1 atom stereocenters. The third kappa shape index (κ3) is 5.24. The van der Waals surface area contributed by atoms with Crippen LogP contribution in [0.3, 0.4) is 0 Å². The lowest BCUT2D eigenvalue weighted by Gasteiger charge is -2.14. The van der Waals surface area contributed by atoms with E-state index in [1.807, 2.05) is 36.4 Å². The monoisotopic (exact) mass is 458 g/mol. The maximum Gasteiger partial charge on any atom is 0.407 e. The summed E-state index contributed by atoms with van der Waals surface area (Å²) in [4.78, 5) is 42.0. The summed E-state index contributed by atoms with van der Waals surface area (Å²) in [5.41, 5.74) is 5.05. The molecule has 0 aliphatic heterocycles. The van der Waals surface area contributed by atoms with Gasteiger partial charge in [-0.15, -0.1) is 0 Å². The number of ether oxygens (including phenoxy) is 1. The minimum atomic E-state index is -1.19. The van der Waals surface area contributed by atoms with Gasteiger partial charge in [0.25, 0.3) is 5.91 Å². The molecule has 4 rings (SSSR count). The van der Waals surface area contributed by atoms with Crippen molar-refractivity contribution in [3.05, 3.63) is 77.9 Å². The van der Waals surface area contributed by atoms with Crippen LogP contribution in [0.25, 0.3) is 11.1 Å². The predicted octanol–water partition coefficient (Wildman–Crippen LogP) is 2.06. The van der Waals surface area contributed by atoms with Crippen LogP contribution in [0, 0.1) is 11.8 Å². The Kier molecular flexibility index (Phi) is 6.89. The Bertz CT molecular complexity index is 1210. The number of carbonyl (C=O) groups excluding carboxylic acids is 2. The Hall–Kier alpha value is -4.58. The first kappa shape index (κ1) is 22.6. The number of nitrogens with one attached hydrogen (secondary N) is 3. The van der Waals surface area contributed by atoms with Crippen molar-refractivity contribution in [2.45, 2.75) is 18.4 Å². The van der Waals surface area contributed by atoms with E-state index in [2.05, 4.69) is 44.6 Å². The molecule has 172 valence electrons. The lowest BCUT2D eigenvalue weighted by atomic mass is 9.98. The molecule has 9 nitrogen and oxygen atoms in total. The van der Waals surface area contributed by atoms with Crippen molar-refractivity contribution in [3.63, 3.8) is 0 Å². The van der Waals surface area contributed by atoms with Gasteiger partial charge in [0.05, 0.1) is 12.9 Å². The largest absolute Gasteiger partial charge is 0.480 e. The van der Waals surface area contributed by atoms with E-state index in [1.165, 1.54) is 12.5 Å². The van der Waals surface area contributed by atoms with Crippen molar-refractivity contribution in [1.29, 1.82) is 0 Å². The fourth-order valence-electron chi connectivity index (χ4n) is 3.90. The number of imidazole rings is 1. The highest BCUT2D eigenvalue weighted by atomic mass is 16.5. The predicted molar refractivity (Wildman–Crippen MR) is 123 cm³/mol. The summed E-state index contributed by atoms with van der Waals surface area (Å²) >= 11 is 0. The third-order valence-electron chi connectivity index (χ3n) is 5.45. The zero-order valence-corrected chi connectivity index (χ0v) is 18.1. The van der Waals surface area contributed by atoms with Gasteiger partial charge in [-0.3, -0.25) is 4.79 Å². The van der Waals surface area contributed by atoms with E-state index in [9.17, 15) is 19.5 Å². The highest BCUT2D eigenvalue weighted by molar-refractivity contribution is 5.96. The zero-order chi connectivity index (χ0) is 23.9. The van der Waals surface area contributed by atoms with Crippen LogP contribution in [0.4, 0.5) is 4.79 Å². The van der Waals surface area contributed by atoms with Crippen molar-refractivity contribution in [2.75, 3.05) is 13.2 Å². The topological polar surface area (TPSA) is 133 Å². The van der Waals surface area contributed by atoms with Crippen molar-refractivity contribution >= 4 is 18.0 Å². The van der Waals surface area contributed by atoms with Crippen LogP contribution < -0.4 is 10.6 Å². The number of alkyl carbamates (subject to hydrolysis) is 1. The van der Waals surface area contributed by atoms with Gasteiger partial charge >= 0.3 is 12.1 Å². The summed E-state index contributed by atoms with van der Waals surface area (Å²) in [6.45, 7) is 0.0457. The molecule has 3 aromatic rings. The van der Waals surface area contributed by atoms with Gasteiger partial charge < -0.3 is 25.5 Å². The maximum absolute atomic E-state index is 12.1. The number of carbonyl (C=O) groups is 3. The van der Waals surface area contributed by atoms with Gasteiger partial charge in [-0.1, -0.05) is 54.5 Å². The Morgan fingerprint density at radius 1 is 1.09 bits per heavy atom. The van der Waals surface area contributed by atoms with E-state index < -0.39 is 24.0 Å². The van der Waals surface area contributed by atoms with Crippen LogP contribution >= 0.6 is 0 Å². The van der Waals surface area contributed by atoms with Gasteiger partial charge in [0, 0.05) is 24.2 Å². The van der Waals surface area contributed by atoms with Crippen molar-refractivity contribution in [1.82, 2.24) is 20.6 Å². The van der Waals surface area contributed by atoms with Crippen molar-refractivity contribution < 1.29 is 24.2 Å². The summed E-state index contributed by atoms with van der Waals surface area (Å²) < 4.78 is 5.40. The molecule has 34 heavy (non-hydrogen) atoms. The number of aromatic amines is 1. The molecule has 0 bridgehead atoms. The Morgan fingerprint density at radius 3 is 2.38 bits per heavy atom. The number of nitrogens with zero attached hydrogens (tertiary/aromatic N) is 1. The second-order valence-corrected chi connectivity index (χ2v) is 7.63. The number of carboxylic acids is 1. The van der Waals surface area contributed by atoms with E-state index in [0.717, 1.165) is 22.3 Å². The molecule has 1 aliphatic rings. The first-order valence-electron chi connectivity index (χ1n) is 10.6. The van der Waals surface area contributed by atoms with Crippen LogP contribution in [0.15, 0.2) is 61.1 Å². The minimum Gasteiger partial charge on any atom is -0.480 e. The van der Waals surface area contributed by atoms with E-state index in [1.54, 1.807) is 0 Å². The van der Waals surface area contributed by atoms with E-state index in [0.29, 0.717) is 5.69 Å². The molecular formula is C25H22N4O5. The molecule has 2 aromatic carbocycles. The molecule has 1 heterocycles. The molecule has 2 amide bonds. The van der Waals surface area contributed by atoms with Crippen molar-refractivity contribution in [2.24, 2.45) is 0 Å². The third-order valence-corrected chi connectivity index (χ3v) is 5.45. The van der Waals surface area contributed by atoms with E-state index >= 15 is 0 Å². The van der Waals surface area contributed by atoms with Gasteiger partial charge in [0.15, 0.2) is 0 Å². The molecule has 0 spiro atoms. The molecule has 0 fully saturated rings. The number of carboxylic acid groups (broad SMARTS) is 1. The average Bonchev–Trinajstić information content (AvgIpc) is 3.46. The Labute approximate surface area is 195 Å².